The number of nitro groups is 1. The maximum Gasteiger partial charge on any atom is 0.330 e. The van der Waals surface area contributed by atoms with Crippen LogP contribution in [0.1, 0.15) is 12.5 Å². The van der Waals surface area contributed by atoms with Crippen molar-refractivity contribution >= 4 is 23.4 Å². The number of ether oxygens (including phenoxy) is 1. The number of anilines is 1. The van der Waals surface area contributed by atoms with E-state index in [0.29, 0.717) is 11.3 Å². The maximum absolute atomic E-state index is 11.4. The number of hydrogen-bond donors (Lipinski definition) is 0. The molecule has 124 valence electrons. The zero-order valence-corrected chi connectivity index (χ0v) is 13.4. The molecule has 1 saturated heterocycles. The molecule has 0 bridgehead atoms. The molecule has 0 unspecified atom stereocenters. The summed E-state index contributed by atoms with van der Waals surface area (Å²) in [6, 6.07) is 5.01. The summed E-state index contributed by atoms with van der Waals surface area (Å²) in [6.45, 7) is 6.45. The predicted molar refractivity (Wildman–Crippen MR) is 88.5 cm³/mol. The minimum Gasteiger partial charge on any atom is -0.466 e. The van der Waals surface area contributed by atoms with Gasteiger partial charge in [-0.05, 0) is 24.3 Å². The number of methoxy groups -OCH3 is 1. The van der Waals surface area contributed by atoms with E-state index in [2.05, 4.69) is 16.6 Å². The fraction of sp³-hybridized carbons (Fsp3) is 0.438. The van der Waals surface area contributed by atoms with E-state index >= 15 is 0 Å². The highest BCUT2D eigenvalue weighted by Gasteiger charge is 2.23. The largest absolute Gasteiger partial charge is 0.466 e. The van der Waals surface area contributed by atoms with Gasteiger partial charge < -0.3 is 14.5 Å². The van der Waals surface area contributed by atoms with Gasteiger partial charge in [0.1, 0.15) is 5.69 Å². The third-order valence-corrected chi connectivity index (χ3v) is 3.97. The molecule has 0 aliphatic carbocycles. The Morgan fingerprint density at radius 3 is 2.61 bits per heavy atom. The van der Waals surface area contributed by atoms with Crippen molar-refractivity contribution in [3.63, 3.8) is 0 Å². The second-order valence-electron chi connectivity index (χ2n) is 5.28. The lowest BCUT2D eigenvalue weighted by Crippen LogP contribution is -2.46. The average Bonchev–Trinajstić information content (AvgIpc) is 2.59. The van der Waals surface area contributed by atoms with Crippen molar-refractivity contribution in [1.82, 2.24) is 4.90 Å². The van der Waals surface area contributed by atoms with E-state index in [1.807, 2.05) is 4.90 Å². The van der Waals surface area contributed by atoms with Gasteiger partial charge in [0.25, 0.3) is 5.69 Å². The van der Waals surface area contributed by atoms with E-state index in [4.69, 9.17) is 0 Å². The van der Waals surface area contributed by atoms with Crippen LogP contribution in [0.15, 0.2) is 24.3 Å². The van der Waals surface area contributed by atoms with Gasteiger partial charge in [-0.1, -0.05) is 13.0 Å². The van der Waals surface area contributed by atoms with E-state index in [1.165, 1.54) is 25.3 Å². The highest BCUT2D eigenvalue weighted by Crippen LogP contribution is 2.30. The second kappa shape index (κ2) is 7.73. The third kappa shape index (κ3) is 4.29. The highest BCUT2D eigenvalue weighted by molar-refractivity contribution is 5.87. The van der Waals surface area contributed by atoms with Crippen LogP contribution in [0.3, 0.4) is 0 Å². The van der Waals surface area contributed by atoms with E-state index in [-0.39, 0.29) is 10.6 Å². The second-order valence-corrected chi connectivity index (χ2v) is 5.28. The summed E-state index contributed by atoms with van der Waals surface area (Å²) < 4.78 is 4.52. The van der Waals surface area contributed by atoms with E-state index in [0.717, 1.165) is 32.7 Å². The van der Waals surface area contributed by atoms with Gasteiger partial charge in [0.05, 0.1) is 12.0 Å². The maximum atomic E-state index is 11.4. The highest BCUT2D eigenvalue weighted by atomic mass is 16.6. The van der Waals surface area contributed by atoms with Gasteiger partial charge in [0.15, 0.2) is 0 Å². The first-order valence-corrected chi connectivity index (χ1v) is 7.57. The molecule has 1 aliphatic heterocycles. The van der Waals surface area contributed by atoms with Crippen LogP contribution >= 0.6 is 0 Å². The Bertz CT molecular complexity index is 607. The monoisotopic (exact) mass is 319 g/mol. The summed E-state index contributed by atoms with van der Waals surface area (Å²) in [6.07, 6.45) is 2.76. The Morgan fingerprint density at radius 2 is 2.04 bits per heavy atom. The molecule has 1 aromatic carbocycles. The first kappa shape index (κ1) is 17.0. The topological polar surface area (TPSA) is 75.9 Å². The molecule has 7 nitrogen and oxygen atoms in total. The van der Waals surface area contributed by atoms with Gasteiger partial charge in [-0.3, -0.25) is 10.1 Å². The summed E-state index contributed by atoms with van der Waals surface area (Å²) in [5.41, 5.74) is 1.28. The number of nitrogens with zero attached hydrogens (tertiary/aromatic N) is 3. The lowest BCUT2D eigenvalue weighted by molar-refractivity contribution is -0.384. The van der Waals surface area contributed by atoms with Crippen LogP contribution in [0.5, 0.6) is 0 Å². The molecule has 7 heteroatoms. The Morgan fingerprint density at radius 1 is 1.35 bits per heavy atom. The Kier molecular flexibility index (Phi) is 5.70. The molecular formula is C16H21N3O4. The van der Waals surface area contributed by atoms with Gasteiger partial charge in [-0.2, -0.15) is 0 Å². The molecular weight excluding hydrogens is 298 g/mol. The van der Waals surface area contributed by atoms with E-state index < -0.39 is 5.97 Å². The summed E-state index contributed by atoms with van der Waals surface area (Å²) in [5.74, 6) is -0.493. The number of rotatable bonds is 5. The molecule has 0 amide bonds. The van der Waals surface area contributed by atoms with Crippen LogP contribution in [0.4, 0.5) is 11.4 Å². The molecule has 0 atom stereocenters. The predicted octanol–water partition coefficient (Wildman–Crippen LogP) is 1.92. The molecule has 1 aliphatic rings. The number of esters is 1. The number of piperazine rings is 1. The van der Waals surface area contributed by atoms with E-state index in [9.17, 15) is 14.9 Å². The fourth-order valence-corrected chi connectivity index (χ4v) is 2.60. The number of likely N-dealkylation sites (N-methyl/N-ethyl adjacent to an activating group) is 1. The van der Waals surface area contributed by atoms with E-state index in [1.54, 1.807) is 12.1 Å². The molecule has 0 aromatic heterocycles. The van der Waals surface area contributed by atoms with Crippen LogP contribution in [-0.2, 0) is 9.53 Å². The van der Waals surface area contributed by atoms with Crippen molar-refractivity contribution in [2.75, 3.05) is 44.7 Å². The quantitative estimate of drug-likeness (QED) is 0.357. The van der Waals surface area contributed by atoms with Gasteiger partial charge in [-0.25, -0.2) is 4.79 Å². The first-order chi connectivity index (χ1) is 11.0. The van der Waals surface area contributed by atoms with Gasteiger partial charge >= 0.3 is 5.97 Å². The lowest BCUT2D eigenvalue weighted by atomic mass is 10.1. The molecule has 0 N–H and O–H groups in total. The zero-order valence-electron chi connectivity index (χ0n) is 13.4. The van der Waals surface area contributed by atoms with Crippen molar-refractivity contribution in [1.29, 1.82) is 0 Å². The number of hydrogen-bond acceptors (Lipinski definition) is 6. The summed E-state index contributed by atoms with van der Waals surface area (Å²) in [5, 5.41) is 11.4. The number of benzene rings is 1. The Balaban J connectivity index is 2.22. The van der Waals surface area contributed by atoms with Gasteiger partial charge in [0, 0.05) is 38.3 Å². The lowest BCUT2D eigenvalue weighted by Gasteiger charge is -2.35. The van der Waals surface area contributed by atoms with Crippen molar-refractivity contribution in [2.24, 2.45) is 0 Å². The summed E-state index contributed by atoms with van der Waals surface area (Å²) in [7, 11) is 1.29. The number of carbonyl (C=O) groups is 1. The number of nitro benzene ring substituents is 1. The molecule has 2 rings (SSSR count). The van der Waals surface area contributed by atoms with Crippen LogP contribution in [0, 0.1) is 10.1 Å². The van der Waals surface area contributed by atoms with Crippen LogP contribution in [0.2, 0.25) is 0 Å². The van der Waals surface area contributed by atoms with Crippen LogP contribution < -0.4 is 4.90 Å². The van der Waals surface area contributed by atoms with Crippen molar-refractivity contribution in [3.05, 3.63) is 40.0 Å². The fourth-order valence-electron chi connectivity index (χ4n) is 2.60. The van der Waals surface area contributed by atoms with Crippen molar-refractivity contribution in [3.8, 4) is 0 Å². The Labute approximate surface area is 135 Å². The average molecular weight is 319 g/mol. The van der Waals surface area contributed by atoms with Gasteiger partial charge in [-0.15, -0.1) is 0 Å². The van der Waals surface area contributed by atoms with Crippen molar-refractivity contribution < 1.29 is 14.5 Å². The SMILES string of the molecule is CCN1CCN(c2ccc(/C=C/C(=O)OC)cc2[N+](=O)[O-])CC1. The van der Waals surface area contributed by atoms with Gasteiger partial charge in [0.2, 0.25) is 0 Å². The smallest absolute Gasteiger partial charge is 0.330 e. The Hall–Kier alpha value is -2.41. The summed E-state index contributed by atoms with van der Waals surface area (Å²) >= 11 is 0. The summed E-state index contributed by atoms with van der Waals surface area (Å²) in [4.78, 5) is 26.5. The molecule has 1 aromatic rings. The van der Waals surface area contributed by atoms with Crippen LogP contribution in [0.25, 0.3) is 6.08 Å². The third-order valence-electron chi connectivity index (χ3n) is 3.97. The zero-order chi connectivity index (χ0) is 16.8. The van der Waals surface area contributed by atoms with Crippen molar-refractivity contribution in [2.45, 2.75) is 6.92 Å². The molecule has 0 radical (unpaired) electrons. The molecule has 0 spiro atoms. The number of carbonyl (C=O) groups excluding carboxylic acids is 1. The van der Waals surface area contributed by atoms with Crippen LogP contribution in [-0.4, -0.2) is 55.6 Å². The molecule has 1 fully saturated rings. The minimum atomic E-state index is -0.493. The standard InChI is InChI=1S/C16H21N3O4/c1-3-17-8-10-18(11-9-17)14-6-4-13(5-7-16(20)23-2)12-15(14)19(21)22/h4-7,12H,3,8-11H2,1-2H3/b7-5+. The normalized spacial score (nSPS) is 15.8. The first-order valence-electron chi connectivity index (χ1n) is 7.57. The molecule has 23 heavy (non-hydrogen) atoms. The molecule has 1 heterocycles. The minimum absolute atomic E-state index is 0.0574. The molecule has 0 saturated carbocycles.